The summed E-state index contributed by atoms with van der Waals surface area (Å²) in [5, 5.41) is 10.8. The summed E-state index contributed by atoms with van der Waals surface area (Å²) in [6.07, 6.45) is 0. The number of rotatable bonds is 3. The number of nitrogens with one attached hydrogen (secondary N) is 2. The van der Waals surface area contributed by atoms with E-state index in [1.807, 2.05) is 31.6 Å². The Morgan fingerprint density at radius 3 is 2.52 bits per heavy atom. The van der Waals surface area contributed by atoms with Crippen LogP contribution in [0.3, 0.4) is 0 Å². The summed E-state index contributed by atoms with van der Waals surface area (Å²) in [5.74, 6) is 0. The Hall–Kier alpha value is -2.31. The van der Waals surface area contributed by atoms with Crippen molar-refractivity contribution >= 4 is 46.0 Å². The Bertz CT molecular complexity index is 947. The van der Waals surface area contributed by atoms with Crippen molar-refractivity contribution in [2.24, 2.45) is 7.05 Å². The molecular weight excluding hydrogens is 361 g/mol. The van der Waals surface area contributed by atoms with Crippen LogP contribution in [0.25, 0.3) is 11.0 Å². The molecule has 0 saturated heterocycles. The smallest absolute Gasteiger partial charge is 0.319 e. The highest BCUT2D eigenvalue weighted by molar-refractivity contribution is 6.35. The molecular formula is C17H17Cl2N5O. The lowest BCUT2D eigenvalue weighted by Gasteiger charge is -2.09. The van der Waals surface area contributed by atoms with Crippen LogP contribution >= 0.6 is 23.2 Å². The minimum Gasteiger partial charge on any atom is -0.332 e. The maximum Gasteiger partial charge on any atom is 0.319 e. The maximum atomic E-state index is 12.1. The summed E-state index contributed by atoms with van der Waals surface area (Å²) < 4.78 is 1.82. The molecule has 2 N–H and O–H groups in total. The maximum absolute atomic E-state index is 12.1. The van der Waals surface area contributed by atoms with Gasteiger partial charge in [-0.1, -0.05) is 23.2 Å². The van der Waals surface area contributed by atoms with Crippen LogP contribution in [-0.2, 0) is 13.6 Å². The first-order chi connectivity index (χ1) is 11.8. The fourth-order valence-corrected chi connectivity index (χ4v) is 3.31. The van der Waals surface area contributed by atoms with Gasteiger partial charge in [0.05, 0.1) is 23.4 Å². The van der Waals surface area contributed by atoms with Gasteiger partial charge in [-0.2, -0.15) is 5.10 Å². The SMILES string of the molecule is Cc1nn(C)c2c(C)cc(CNC(=O)Nc3cc(Cl)cc(Cl)c3)nc12. The number of benzene rings is 1. The largest absolute Gasteiger partial charge is 0.332 e. The first kappa shape index (κ1) is 17.5. The Labute approximate surface area is 155 Å². The van der Waals surface area contributed by atoms with E-state index in [4.69, 9.17) is 23.2 Å². The standard InChI is InChI=1S/C17H17Cl2N5O/c1-9-4-14(21-15-10(2)23-24(3)16(9)15)8-20-17(25)22-13-6-11(18)5-12(19)7-13/h4-7H,8H2,1-3H3,(H2,20,22,25). The Morgan fingerprint density at radius 1 is 1.16 bits per heavy atom. The van der Waals surface area contributed by atoms with Gasteiger partial charge in [0.15, 0.2) is 0 Å². The fraction of sp³-hybridized carbons (Fsp3) is 0.235. The lowest BCUT2D eigenvalue weighted by Crippen LogP contribution is -2.28. The number of hydrogen-bond acceptors (Lipinski definition) is 3. The molecule has 25 heavy (non-hydrogen) atoms. The molecule has 3 rings (SSSR count). The molecule has 0 saturated carbocycles. The summed E-state index contributed by atoms with van der Waals surface area (Å²) in [4.78, 5) is 16.7. The molecule has 0 spiro atoms. The average Bonchev–Trinajstić information content (AvgIpc) is 2.79. The first-order valence-electron chi connectivity index (χ1n) is 7.64. The van der Waals surface area contributed by atoms with Gasteiger partial charge in [-0.15, -0.1) is 0 Å². The third-order valence-electron chi connectivity index (χ3n) is 3.75. The number of anilines is 1. The molecule has 6 nitrogen and oxygen atoms in total. The van der Waals surface area contributed by atoms with Crippen molar-refractivity contribution in [3.63, 3.8) is 0 Å². The van der Waals surface area contributed by atoms with Gasteiger partial charge in [0.2, 0.25) is 0 Å². The van der Waals surface area contributed by atoms with E-state index in [-0.39, 0.29) is 6.03 Å². The van der Waals surface area contributed by atoms with Crippen LogP contribution in [0, 0.1) is 13.8 Å². The number of carbonyl (C=O) groups excluding carboxylic acids is 1. The highest BCUT2D eigenvalue weighted by Crippen LogP contribution is 2.22. The molecule has 0 radical (unpaired) electrons. The number of hydrogen-bond donors (Lipinski definition) is 2. The molecule has 1 aromatic carbocycles. The minimum atomic E-state index is -0.360. The average molecular weight is 378 g/mol. The van der Waals surface area contributed by atoms with Gasteiger partial charge in [-0.3, -0.25) is 4.68 Å². The van der Waals surface area contributed by atoms with Gasteiger partial charge < -0.3 is 10.6 Å². The van der Waals surface area contributed by atoms with Crippen LogP contribution in [0.2, 0.25) is 10.0 Å². The van der Waals surface area contributed by atoms with E-state index in [9.17, 15) is 4.79 Å². The molecule has 2 heterocycles. The van der Waals surface area contributed by atoms with Crippen molar-refractivity contribution in [1.82, 2.24) is 20.1 Å². The summed E-state index contributed by atoms with van der Waals surface area (Å²) in [7, 11) is 1.89. The second kappa shape index (κ2) is 6.90. The van der Waals surface area contributed by atoms with Crippen LogP contribution in [0.15, 0.2) is 24.3 Å². The molecule has 0 aliphatic rings. The summed E-state index contributed by atoms with van der Waals surface area (Å²) in [6.45, 7) is 4.22. The molecule has 0 fully saturated rings. The molecule has 0 atom stereocenters. The van der Waals surface area contributed by atoms with Crippen molar-refractivity contribution in [1.29, 1.82) is 0 Å². The lowest BCUT2D eigenvalue weighted by molar-refractivity contribution is 0.251. The number of fused-ring (bicyclic) bond motifs is 1. The number of halogens is 2. The molecule has 0 bridgehead atoms. The number of carbonyl (C=O) groups is 1. The van der Waals surface area contributed by atoms with E-state index in [1.54, 1.807) is 18.2 Å². The topological polar surface area (TPSA) is 71.8 Å². The van der Waals surface area contributed by atoms with Gasteiger partial charge in [0.25, 0.3) is 0 Å². The van der Waals surface area contributed by atoms with Crippen molar-refractivity contribution < 1.29 is 4.79 Å². The Kier molecular flexibility index (Phi) is 4.83. The van der Waals surface area contributed by atoms with Crippen LogP contribution in [0.5, 0.6) is 0 Å². The molecule has 0 aliphatic carbocycles. The highest BCUT2D eigenvalue weighted by atomic mass is 35.5. The number of aryl methyl sites for hydroxylation is 3. The van der Waals surface area contributed by atoms with Crippen LogP contribution in [0.4, 0.5) is 10.5 Å². The second-order valence-electron chi connectivity index (χ2n) is 5.80. The third-order valence-corrected chi connectivity index (χ3v) is 4.19. The lowest BCUT2D eigenvalue weighted by atomic mass is 10.2. The normalized spacial score (nSPS) is 10.9. The van der Waals surface area contributed by atoms with E-state index >= 15 is 0 Å². The van der Waals surface area contributed by atoms with E-state index in [0.29, 0.717) is 22.3 Å². The third kappa shape index (κ3) is 3.86. The summed E-state index contributed by atoms with van der Waals surface area (Å²) in [5.41, 5.74) is 5.06. The fourth-order valence-electron chi connectivity index (χ4n) is 2.78. The van der Waals surface area contributed by atoms with Gasteiger partial charge in [-0.05, 0) is 43.7 Å². The zero-order valence-corrected chi connectivity index (χ0v) is 15.5. The van der Waals surface area contributed by atoms with Crippen LogP contribution in [0.1, 0.15) is 17.0 Å². The predicted octanol–water partition coefficient (Wildman–Crippen LogP) is 4.21. The minimum absolute atomic E-state index is 0.297. The molecule has 2 aromatic heterocycles. The van der Waals surface area contributed by atoms with E-state index in [2.05, 4.69) is 20.7 Å². The number of pyridine rings is 1. The van der Waals surface area contributed by atoms with Gasteiger partial charge in [0.1, 0.15) is 5.52 Å². The number of urea groups is 1. The summed E-state index contributed by atoms with van der Waals surface area (Å²) in [6, 6.07) is 6.44. The van der Waals surface area contributed by atoms with Crippen LogP contribution in [-0.4, -0.2) is 20.8 Å². The quantitative estimate of drug-likeness (QED) is 0.717. The van der Waals surface area contributed by atoms with Crippen LogP contribution < -0.4 is 10.6 Å². The van der Waals surface area contributed by atoms with E-state index in [1.165, 1.54) is 0 Å². The Balaban J connectivity index is 1.72. The number of aromatic nitrogens is 3. The van der Waals surface area contributed by atoms with Crippen molar-refractivity contribution in [2.45, 2.75) is 20.4 Å². The molecule has 0 unspecified atom stereocenters. The number of nitrogens with zero attached hydrogens (tertiary/aromatic N) is 3. The zero-order valence-electron chi connectivity index (χ0n) is 14.0. The highest BCUT2D eigenvalue weighted by Gasteiger charge is 2.11. The molecule has 8 heteroatoms. The molecule has 2 amide bonds. The van der Waals surface area contributed by atoms with Gasteiger partial charge >= 0.3 is 6.03 Å². The van der Waals surface area contributed by atoms with E-state index < -0.39 is 0 Å². The first-order valence-corrected chi connectivity index (χ1v) is 8.40. The monoisotopic (exact) mass is 377 g/mol. The molecule has 3 aromatic rings. The van der Waals surface area contributed by atoms with E-state index in [0.717, 1.165) is 28.0 Å². The van der Waals surface area contributed by atoms with Crippen molar-refractivity contribution in [3.8, 4) is 0 Å². The summed E-state index contributed by atoms with van der Waals surface area (Å²) >= 11 is 11.8. The number of amides is 2. The second-order valence-corrected chi connectivity index (χ2v) is 6.68. The molecule has 130 valence electrons. The van der Waals surface area contributed by atoms with Gasteiger partial charge in [0, 0.05) is 22.8 Å². The van der Waals surface area contributed by atoms with Crippen molar-refractivity contribution in [2.75, 3.05) is 5.32 Å². The molecule has 0 aliphatic heterocycles. The van der Waals surface area contributed by atoms with Gasteiger partial charge in [-0.25, -0.2) is 9.78 Å². The zero-order chi connectivity index (χ0) is 18.1. The predicted molar refractivity (Wildman–Crippen MR) is 100 cm³/mol. The van der Waals surface area contributed by atoms with Crippen molar-refractivity contribution in [3.05, 3.63) is 51.3 Å². The Morgan fingerprint density at radius 2 is 1.84 bits per heavy atom.